The van der Waals surface area contributed by atoms with Crippen molar-refractivity contribution in [2.75, 3.05) is 6.61 Å². The third kappa shape index (κ3) is 1.93. The van der Waals surface area contributed by atoms with E-state index in [1.165, 1.54) is 0 Å². The summed E-state index contributed by atoms with van der Waals surface area (Å²) in [5.74, 6) is -0.147. The van der Waals surface area contributed by atoms with Crippen molar-refractivity contribution >= 4 is 37.8 Å². The van der Waals surface area contributed by atoms with E-state index < -0.39 is 0 Å². The maximum Gasteiger partial charge on any atom is 0.319 e. The summed E-state index contributed by atoms with van der Waals surface area (Å²) in [7, 11) is 0. The molecule has 0 saturated carbocycles. The monoisotopic (exact) mass is 256 g/mol. The number of rotatable bonds is 0. The van der Waals surface area contributed by atoms with E-state index >= 15 is 0 Å². The highest BCUT2D eigenvalue weighted by molar-refractivity contribution is 9.10. The molecule has 0 bridgehead atoms. The summed E-state index contributed by atoms with van der Waals surface area (Å²) in [4.78, 5) is 10.9. The molecule has 1 saturated heterocycles. The van der Waals surface area contributed by atoms with E-state index in [0.29, 0.717) is 11.4 Å². The molecule has 4 heteroatoms. The molecule has 0 N–H and O–H groups in total. The summed E-state index contributed by atoms with van der Waals surface area (Å²) in [6.45, 7) is 0.501. The topological polar surface area (TPSA) is 26.3 Å². The van der Waals surface area contributed by atoms with Gasteiger partial charge >= 0.3 is 5.97 Å². The first kappa shape index (κ1) is 7.54. The maximum absolute atomic E-state index is 10.6. The van der Waals surface area contributed by atoms with Crippen molar-refractivity contribution in [2.45, 2.75) is 16.1 Å². The summed E-state index contributed by atoms with van der Waals surface area (Å²) in [5.41, 5.74) is 0. The van der Waals surface area contributed by atoms with Crippen LogP contribution in [-0.2, 0) is 9.53 Å². The standard InChI is InChI=1S/C5H6Br2O2/c6-3-1-4(7)5(8)9-2-3/h3-4H,1-2H2. The van der Waals surface area contributed by atoms with Gasteiger partial charge in [-0.05, 0) is 6.42 Å². The number of cyclic esters (lactones) is 1. The zero-order chi connectivity index (χ0) is 6.85. The number of halogens is 2. The summed E-state index contributed by atoms with van der Waals surface area (Å²) < 4.78 is 4.77. The van der Waals surface area contributed by atoms with Gasteiger partial charge in [-0.3, -0.25) is 4.79 Å². The van der Waals surface area contributed by atoms with E-state index in [1.807, 2.05) is 0 Å². The van der Waals surface area contributed by atoms with E-state index in [0.717, 1.165) is 6.42 Å². The van der Waals surface area contributed by atoms with Crippen LogP contribution in [0.2, 0.25) is 0 Å². The number of alkyl halides is 2. The lowest BCUT2D eigenvalue weighted by Crippen LogP contribution is -2.30. The number of hydrogen-bond donors (Lipinski definition) is 0. The van der Waals surface area contributed by atoms with Crippen LogP contribution in [-0.4, -0.2) is 22.2 Å². The van der Waals surface area contributed by atoms with Gasteiger partial charge in [-0.15, -0.1) is 0 Å². The van der Waals surface area contributed by atoms with Crippen molar-refractivity contribution in [1.29, 1.82) is 0 Å². The number of carbonyl (C=O) groups is 1. The highest BCUT2D eigenvalue weighted by Crippen LogP contribution is 2.20. The van der Waals surface area contributed by atoms with Gasteiger partial charge in [0.25, 0.3) is 0 Å². The SMILES string of the molecule is O=C1OCC(Br)CC1Br. The predicted octanol–water partition coefficient (Wildman–Crippen LogP) is 1.46. The molecule has 0 aromatic rings. The molecule has 1 fully saturated rings. The van der Waals surface area contributed by atoms with Gasteiger partial charge in [-0.1, -0.05) is 31.9 Å². The second-order valence-electron chi connectivity index (χ2n) is 1.93. The molecular weight excluding hydrogens is 252 g/mol. The first-order valence-corrected chi connectivity index (χ1v) is 4.48. The summed E-state index contributed by atoms with van der Waals surface area (Å²) >= 11 is 6.54. The molecule has 0 aromatic heterocycles. The lowest BCUT2D eigenvalue weighted by molar-refractivity contribution is -0.145. The van der Waals surface area contributed by atoms with E-state index in [4.69, 9.17) is 4.74 Å². The minimum absolute atomic E-state index is 0.115. The molecule has 2 atom stereocenters. The molecule has 0 aromatic carbocycles. The van der Waals surface area contributed by atoms with Gasteiger partial charge in [-0.2, -0.15) is 0 Å². The van der Waals surface area contributed by atoms with Crippen LogP contribution < -0.4 is 0 Å². The highest BCUT2D eigenvalue weighted by atomic mass is 79.9. The van der Waals surface area contributed by atoms with Crippen LogP contribution in [0.5, 0.6) is 0 Å². The molecule has 1 aliphatic heterocycles. The van der Waals surface area contributed by atoms with Gasteiger partial charge < -0.3 is 4.74 Å². The zero-order valence-electron chi connectivity index (χ0n) is 4.64. The predicted molar refractivity (Wildman–Crippen MR) is 41.0 cm³/mol. The summed E-state index contributed by atoms with van der Waals surface area (Å²) in [5, 5.41) is 0. The molecule has 0 amide bonds. The lowest BCUT2D eigenvalue weighted by Gasteiger charge is -2.20. The number of hydrogen-bond acceptors (Lipinski definition) is 2. The lowest BCUT2D eigenvalue weighted by atomic mass is 10.2. The van der Waals surface area contributed by atoms with Gasteiger partial charge in [0.05, 0.1) is 4.83 Å². The second kappa shape index (κ2) is 3.01. The first-order chi connectivity index (χ1) is 4.20. The molecular formula is C5H6Br2O2. The Balaban J connectivity index is 2.44. The van der Waals surface area contributed by atoms with Crippen LogP contribution in [0.1, 0.15) is 6.42 Å². The largest absolute Gasteiger partial charge is 0.464 e. The van der Waals surface area contributed by atoms with E-state index in [2.05, 4.69) is 31.9 Å². The fourth-order valence-electron chi connectivity index (χ4n) is 0.652. The van der Waals surface area contributed by atoms with Crippen LogP contribution >= 0.6 is 31.9 Å². The molecule has 0 spiro atoms. The molecule has 1 aliphatic rings. The van der Waals surface area contributed by atoms with Crippen molar-refractivity contribution in [1.82, 2.24) is 0 Å². The maximum atomic E-state index is 10.6. The minimum Gasteiger partial charge on any atom is -0.464 e. The Hall–Kier alpha value is 0.430. The normalized spacial score (nSPS) is 36.0. The Morgan fingerprint density at radius 3 is 2.67 bits per heavy atom. The third-order valence-electron chi connectivity index (χ3n) is 1.12. The van der Waals surface area contributed by atoms with Crippen molar-refractivity contribution < 1.29 is 9.53 Å². The van der Waals surface area contributed by atoms with Gasteiger partial charge in [-0.25, -0.2) is 0 Å². The van der Waals surface area contributed by atoms with Crippen molar-refractivity contribution in [3.8, 4) is 0 Å². The Labute approximate surface area is 70.2 Å². The van der Waals surface area contributed by atoms with Crippen LogP contribution in [0, 0.1) is 0 Å². The molecule has 1 rings (SSSR count). The number of carbonyl (C=O) groups excluding carboxylic acids is 1. The highest BCUT2D eigenvalue weighted by Gasteiger charge is 2.26. The van der Waals surface area contributed by atoms with Gasteiger partial charge in [0.2, 0.25) is 0 Å². The fraction of sp³-hybridized carbons (Fsp3) is 0.800. The van der Waals surface area contributed by atoms with Crippen molar-refractivity contribution in [2.24, 2.45) is 0 Å². The van der Waals surface area contributed by atoms with Gasteiger partial charge in [0, 0.05) is 0 Å². The number of ether oxygens (including phenoxy) is 1. The molecule has 9 heavy (non-hydrogen) atoms. The van der Waals surface area contributed by atoms with Crippen LogP contribution in [0.25, 0.3) is 0 Å². The van der Waals surface area contributed by atoms with Crippen molar-refractivity contribution in [3.63, 3.8) is 0 Å². The summed E-state index contributed by atoms with van der Waals surface area (Å²) in [6, 6.07) is 0. The Bertz CT molecular complexity index is 126. The van der Waals surface area contributed by atoms with E-state index in [1.54, 1.807) is 0 Å². The quantitative estimate of drug-likeness (QED) is 0.485. The average Bonchev–Trinajstić information content (AvgIpc) is 1.80. The average molecular weight is 258 g/mol. The molecule has 2 unspecified atom stereocenters. The first-order valence-electron chi connectivity index (χ1n) is 2.65. The smallest absolute Gasteiger partial charge is 0.319 e. The minimum atomic E-state index is -0.147. The molecule has 1 heterocycles. The van der Waals surface area contributed by atoms with Gasteiger partial charge in [0.15, 0.2) is 0 Å². The third-order valence-corrected chi connectivity index (χ3v) is 2.51. The second-order valence-corrected chi connectivity index (χ2v) is 4.33. The van der Waals surface area contributed by atoms with E-state index in [-0.39, 0.29) is 10.8 Å². The molecule has 2 nitrogen and oxygen atoms in total. The Morgan fingerprint density at radius 2 is 2.22 bits per heavy atom. The Kier molecular flexibility index (Phi) is 2.52. The summed E-state index contributed by atoms with van der Waals surface area (Å²) in [6.07, 6.45) is 0.818. The van der Waals surface area contributed by atoms with E-state index in [9.17, 15) is 4.79 Å². The Morgan fingerprint density at radius 1 is 1.56 bits per heavy atom. The fourth-order valence-corrected chi connectivity index (χ4v) is 2.24. The molecule has 0 radical (unpaired) electrons. The molecule has 0 aliphatic carbocycles. The molecule has 52 valence electrons. The van der Waals surface area contributed by atoms with Crippen LogP contribution in [0.4, 0.5) is 0 Å². The zero-order valence-corrected chi connectivity index (χ0v) is 7.81. The van der Waals surface area contributed by atoms with Crippen LogP contribution in [0.3, 0.4) is 0 Å². The van der Waals surface area contributed by atoms with Crippen molar-refractivity contribution in [3.05, 3.63) is 0 Å². The van der Waals surface area contributed by atoms with Crippen LogP contribution in [0.15, 0.2) is 0 Å². The number of esters is 1. The van der Waals surface area contributed by atoms with Gasteiger partial charge in [0.1, 0.15) is 11.4 Å².